The molecule has 0 bridgehead atoms. The fourth-order valence-corrected chi connectivity index (χ4v) is 4.76. The molecule has 0 aliphatic carbocycles. The molecule has 1 aliphatic heterocycles. The van der Waals surface area contributed by atoms with Crippen LogP contribution in [0.1, 0.15) is 38.6 Å². The molecule has 10 nitrogen and oxygen atoms in total. The van der Waals surface area contributed by atoms with E-state index in [0.717, 1.165) is 16.8 Å². The van der Waals surface area contributed by atoms with Crippen molar-refractivity contribution in [3.8, 4) is 0 Å². The first-order valence-electron chi connectivity index (χ1n) is 12.3. The number of nitrogens with zero attached hydrogens (tertiary/aromatic N) is 5. The minimum atomic E-state index is -4.69. The summed E-state index contributed by atoms with van der Waals surface area (Å²) in [4.78, 5) is 38.2. The van der Waals surface area contributed by atoms with Gasteiger partial charge in [-0.15, -0.1) is 0 Å². The highest BCUT2D eigenvalue weighted by Crippen LogP contribution is 2.32. The molecule has 1 saturated heterocycles. The van der Waals surface area contributed by atoms with Crippen LogP contribution in [-0.2, 0) is 40.3 Å². The second kappa shape index (κ2) is 11.6. The Balaban J connectivity index is 1.57. The van der Waals surface area contributed by atoms with Gasteiger partial charge in [-0.3, -0.25) is 13.9 Å². The van der Waals surface area contributed by atoms with Gasteiger partial charge in [-0.2, -0.15) is 13.2 Å². The van der Waals surface area contributed by atoms with E-state index in [1.165, 1.54) is 18.1 Å². The SMILES string of the molecule is CN(c1ncccc1CCc1nc(Cc2cccc(C(=O)N3CCNC(=O)C3)c2)ncc1C(F)(F)F)S(C)(=O)=O. The van der Waals surface area contributed by atoms with Crippen LogP contribution in [0.25, 0.3) is 0 Å². The van der Waals surface area contributed by atoms with E-state index in [1.807, 2.05) is 0 Å². The van der Waals surface area contributed by atoms with Crippen LogP contribution in [0, 0.1) is 0 Å². The van der Waals surface area contributed by atoms with Gasteiger partial charge in [0.25, 0.3) is 5.91 Å². The summed E-state index contributed by atoms with van der Waals surface area (Å²) >= 11 is 0. The molecule has 0 saturated carbocycles. The van der Waals surface area contributed by atoms with Gasteiger partial charge in [0, 0.05) is 44.5 Å². The first-order chi connectivity index (χ1) is 18.8. The minimum Gasteiger partial charge on any atom is -0.353 e. The molecule has 1 aliphatic rings. The Hall–Kier alpha value is -4.07. The molecule has 0 unspecified atom stereocenters. The highest BCUT2D eigenvalue weighted by molar-refractivity contribution is 7.92. The van der Waals surface area contributed by atoms with Crippen molar-refractivity contribution in [1.29, 1.82) is 0 Å². The highest BCUT2D eigenvalue weighted by Gasteiger charge is 2.35. The summed E-state index contributed by atoms with van der Waals surface area (Å²) in [6, 6.07) is 9.77. The van der Waals surface area contributed by atoms with Gasteiger partial charge in [0.1, 0.15) is 11.6 Å². The number of nitrogens with one attached hydrogen (secondary N) is 1. The van der Waals surface area contributed by atoms with E-state index in [1.54, 1.807) is 36.4 Å². The largest absolute Gasteiger partial charge is 0.419 e. The molecule has 2 aromatic heterocycles. The Morgan fingerprint density at radius 1 is 1.15 bits per heavy atom. The lowest BCUT2D eigenvalue weighted by Crippen LogP contribution is -2.49. The number of hydrogen-bond donors (Lipinski definition) is 1. The quantitative estimate of drug-likeness (QED) is 0.436. The number of rotatable bonds is 8. The van der Waals surface area contributed by atoms with Crippen LogP contribution in [0.2, 0.25) is 0 Å². The molecule has 2 amide bonds. The zero-order chi connectivity index (χ0) is 29.1. The number of aryl methyl sites for hydroxylation is 2. The molecule has 3 heterocycles. The monoisotopic (exact) mass is 576 g/mol. The number of halogens is 3. The van der Waals surface area contributed by atoms with E-state index in [0.29, 0.717) is 29.8 Å². The molecule has 4 rings (SSSR count). The van der Waals surface area contributed by atoms with E-state index in [2.05, 4.69) is 20.3 Å². The van der Waals surface area contributed by atoms with E-state index in [4.69, 9.17) is 0 Å². The summed E-state index contributed by atoms with van der Waals surface area (Å²) in [6.07, 6.45) is -1.55. The lowest BCUT2D eigenvalue weighted by Gasteiger charge is -2.26. The second-order valence-electron chi connectivity index (χ2n) is 9.31. The zero-order valence-corrected chi connectivity index (χ0v) is 22.6. The van der Waals surface area contributed by atoms with E-state index in [-0.39, 0.29) is 55.0 Å². The Labute approximate surface area is 229 Å². The Morgan fingerprint density at radius 2 is 1.93 bits per heavy atom. The maximum absolute atomic E-state index is 13.8. The summed E-state index contributed by atoms with van der Waals surface area (Å²) in [5, 5.41) is 2.66. The third kappa shape index (κ3) is 6.92. The molecular weight excluding hydrogens is 549 g/mol. The number of hydrogen-bond acceptors (Lipinski definition) is 7. The molecule has 0 atom stereocenters. The summed E-state index contributed by atoms with van der Waals surface area (Å²) in [7, 11) is -2.31. The number of sulfonamides is 1. The molecule has 1 aromatic carbocycles. The first kappa shape index (κ1) is 28.9. The molecule has 1 fully saturated rings. The number of pyridine rings is 1. The molecule has 1 N–H and O–H groups in total. The average molecular weight is 577 g/mol. The molecule has 3 aromatic rings. The number of carbonyl (C=O) groups is 2. The first-order valence-corrected chi connectivity index (χ1v) is 14.1. The summed E-state index contributed by atoms with van der Waals surface area (Å²) < 4.78 is 66.4. The van der Waals surface area contributed by atoms with Crippen LogP contribution in [0.3, 0.4) is 0 Å². The van der Waals surface area contributed by atoms with Crippen molar-refractivity contribution in [3.63, 3.8) is 0 Å². The van der Waals surface area contributed by atoms with Crippen LogP contribution in [0.4, 0.5) is 19.0 Å². The fraction of sp³-hybridized carbons (Fsp3) is 0.346. The Bertz CT molecular complexity index is 1530. The van der Waals surface area contributed by atoms with Crippen LogP contribution in [0.15, 0.2) is 48.8 Å². The van der Waals surface area contributed by atoms with Crippen molar-refractivity contribution in [2.45, 2.75) is 25.4 Å². The van der Waals surface area contributed by atoms with Crippen LogP contribution in [-0.4, -0.2) is 73.0 Å². The smallest absolute Gasteiger partial charge is 0.353 e. The van der Waals surface area contributed by atoms with Crippen LogP contribution >= 0.6 is 0 Å². The van der Waals surface area contributed by atoms with Gasteiger partial charge in [0.15, 0.2) is 0 Å². The third-order valence-electron chi connectivity index (χ3n) is 6.38. The molecule has 14 heteroatoms. The lowest BCUT2D eigenvalue weighted by atomic mass is 10.0. The molecule has 40 heavy (non-hydrogen) atoms. The molecule has 0 radical (unpaired) electrons. The fourth-order valence-electron chi connectivity index (χ4n) is 4.28. The number of piperazine rings is 1. The predicted octanol–water partition coefficient (Wildman–Crippen LogP) is 2.23. The Kier molecular flexibility index (Phi) is 8.37. The number of benzene rings is 1. The maximum atomic E-state index is 13.8. The number of alkyl halides is 3. The van der Waals surface area contributed by atoms with Crippen LogP contribution < -0.4 is 9.62 Å². The average Bonchev–Trinajstić information content (AvgIpc) is 2.90. The second-order valence-corrected chi connectivity index (χ2v) is 11.3. The van der Waals surface area contributed by atoms with E-state index >= 15 is 0 Å². The van der Waals surface area contributed by atoms with Crippen molar-refractivity contribution in [2.75, 3.05) is 37.2 Å². The third-order valence-corrected chi connectivity index (χ3v) is 7.55. The summed E-state index contributed by atoms with van der Waals surface area (Å²) in [6.45, 7) is 0.684. The normalized spacial score (nSPS) is 14.1. The standard InChI is InChI=1S/C26H27F3N6O4S/c1-34(40(2,38)39)24-18(7-4-10-31-24)8-9-21-20(26(27,28)29)15-32-22(33-21)14-17-5-3-6-19(13-17)25(37)35-12-11-30-23(36)16-35/h3-7,10,13,15H,8-9,11-12,14,16H2,1-2H3,(H,30,36). The zero-order valence-electron chi connectivity index (χ0n) is 21.8. The van der Waals surface area contributed by atoms with Crippen molar-refractivity contribution in [3.05, 3.63) is 82.6 Å². The number of anilines is 1. The predicted molar refractivity (Wildman–Crippen MR) is 140 cm³/mol. The van der Waals surface area contributed by atoms with Gasteiger partial charge >= 0.3 is 6.18 Å². The van der Waals surface area contributed by atoms with Gasteiger partial charge in [-0.25, -0.2) is 23.4 Å². The topological polar surface area (TPSA) is 125 Å². The number of aromatic nitrogens is 3. The molecule has 212 valence electrons. The minimum absolute atomic E-state index is 0.0485. The maximum Gasteiger partial charge on any atom is 0.419 e. The number of amides is 2. The Morgan fingerprint density at radius 3 is 2.62 bits per heavy atom. The number of carbonyl (C=O) groups excluding carboxylic acids is 2. The van der Waals surface area contributed by atoms with E-state index in [9.17, 15) is 31.2 Å². The van der Waals surface area contributed by atoms with Gasteiger partial charge in [-0.05, 0) is 42.2 Å². The van der Waals surface area contributed by atoms with Crippen LogP contribution in [0.5, 0.6) is 0 Å². The van der Waals surface area contributed by atoms with Gasteiger partial charge in [-0.1, -0.05) is 18.2 Å². The van der Waals surface area contributed by atoms with Crippen molar-refractivity contribution in [2.24, 2.45) is 0 Å². The summed E-state index contributed by atoms with van der Waals surface area (Å²) in [5.41, 5.74) is 0.188. The molecular formula is C26H27F3N6O4S. The van der Waals surface area contributed by atoms with Crippen molar-refractivity contribution >= 4 is 27.7 Å². The van der Waals surface area contributed by atoms with Gasteiger partial charge in [0.2, 0.25) is 15.9 Å². The highest BCUT2D eigenvalue weighted by atomic mass is 32.2. The molecule has 0 spiro atoms. The van der Waals surface area contributed by atoms with Crippen molar-refractivity contribution < 1.29 is 31.2 Å². The van der Waals surface area contributed by atoms with Gasteiger partial charge in [0.05, 0.1) is 24.1 Å². The van der Waals surface area contributed by atoms with E-state index < -0.39 is 21.8 Å². The van der Waals surface area contributed by atoms with Crippen molar-refractivity contribution in [1.82, 2.24) is 25.2 Å². The van der Waals surface area contributed by atoms with Gasteiger partial charge < -0.3 is 10.2 Å². The summed E-state index contributed by atoms with van der Waals surface area (Å²) in [5.74, 6) is -0.315. The lowest BCUT2D eigenvalue weighted by molar-refractivity contribution is -0.138.